The van der Waals surface area contributed by atoms with E-state index in [1.54, 1.807) is 30.2 Å². The van der Waals surface area contributed by atoms with E-state index in [1.165, 1.54) is 18.6 Å². The summed E-state index contributed by atoms with van der Waals surface area (Å²) in [5.74, 6) is 0.298. The number of aliphatic hydroxyl groups excluding tert-OH is 1. The largest absolute Gasteiger partial charge is 0.497 e. The molecular weight excluding hydrogens is 498 g/mol. The smallest absolute Gasteiger partial charge is 0.275 e. The van der Waals surface area contributed by atoms with Crippen molar-refractivity contribution >= 4 is 17.5 Å². The highest BCUT2D eigenvalue weighted by atomic mass is 16.5. The number of benzene rings is 2. The molecule has 206 valence electrons. The molecule has 10 nitrogen and oxygen atoms in total. The molecule has 1 aliphatic heterocycles. The second-order valence-corrected chi connectivity index (χ2v) is 9.89. The first-order valence-corrected chi connectivity index (χ1v) is 12.9. The van der Waals surface area contributed by atoms with Gasteiger partial charge in [0.25, 0.3) is 11.8 Å². The molecular formula is C29H35N5O5. The molecule has 4 rings (SSSR count). The lowest BCUT2D eigenvalue weighted by Gasteiger charge is -2.38. The lowest BCUT2D eigenvalue weighted by molar-refractivity contribution is 0.0343. The molecule has 3 atom stereocenters. The van der Waals surface area contributed by atoms with Crippen molar-refractivity contribution in [2.75, 3.05) is 39.2 Å². The van der Waals surface area contributed by atoms with E-state index in [0.717, 1.165) is 11.3 Å². The Labute approximate surface area is 228 Å². The molecule has 0 bridgehead atoms. The fourth-order valence-electron chi connectivity index (χ4n) is 4.58. The number of anilines is 1. The summed E-state index contributed by atoms with van der Waals surface area (Å²) >= 11 is 0. The van der Waals surface area contributed by atoms with Gasteiger partial charge in [-0.3, -0.25) is 19.5 Å². The highest BCUT2D eigenvalue weighted by Gasteiger charge is 2.34. The lowest BCUT2D eigenvalue weighted by atomic mass is 9.98. The summed E-state index contributed by atoms with van der Waals surface area (Å²) < 4.78 is 11.8. The SMILES string of the molecule is COc1ccc(CN(C)C[C@@H]2Oc3c(NC(=O)c4cnccn4)cccc3C(=O)N([C@@H](C)CO)C[C@H]2C)cc1. The molecule has 0 saturated carbocycles. The summed E-state index contributed by atoms with van der Waals surface area (Å²) in [6.45, 7) is 5.34. The van der Waals surface area contributed by atoms with Gasteiger partial charge in [0.1, 0.15) is 17.5 Å². The average molecular weight is 534 g/mol. The molecule has 3 aromatic rings. The maximum Gasteiger partial charge on any atom is 0.275 e. The van der Waals surface area contributed by atoms with Crippen molar-refractivity contribution in [1.82, 2.24) is 19.8 Å². The summed E-state index contributed by atoms with van der Waals surface area (Å²) in [5, 5.41) is 12.7. The zero-order valence-corrected chi connectivity index (χ0v) is 22.7. The van der Waals surface area contributed by atoms with Crippen molar-refractivity contribution < 1.29 is 24.2 Å². The van der Waals surface area contributed by atoms with E-state index in [2.05, 4.69) is 20.2 Å². The van der Waals surface area contributed by atoms with Crippen LogP contribution in [0.2, 0.25) is 0 Å². The maximum absolute atomic E-state index is 13.6. The Hall–Kier alpha value is -4.02. The minimum Gasteiger partial charge on any atom is -0.497 e. The number of rotatable bonds is 9. The molecule has 2 aromatic carbocycles. The van der Waals surface area contributed by atoms with E-state index in [-0.39, 0.29) is 36.3 Å². The number of methoxy groups -OCH3 is 1. The molecule has 0 radical (unpaired) electrons. The monoisotopic (exact) mass is 533 g/mol. The number of ether oxygens (including phenoxy) is 2. The number of aromatic nitrogens is 2. The number of nitrogens with zero attached hydrogens (tertiary/aromatic N) is 4. The van der Waals surface area contributed by atoms with Crippen LogP contribution in [0.4, 0.5) is 5.69 Å². The van der Waals surface area contributed by atoms with Crippen molar-refractivity contribution in [1.29, 1.82) is 0 Å². The Morgan fingerprint density at radius 2 is 2.03 bits per heavy atom. The van der Waals surface area contributed by atoms with Gasteiger partial charge in [0.2, 0.25) is 0 Å². The number of aliphatic hydroxyl groups is 1. The average Bonchev–Trinajstić information content (AvgIpc) is 2.95. The lowest BCUT2D eigenvalue weighted by Crippen LogP contribution is -2.49. The Kier molecular flexibility index (Phi) is 9.11. The number of likely N-dealkylation sites (N-methyl/N-ethyl adjacent to an activating group) is 1. The van der Waals surface area contributed by atoms with E-state index < -0.39 is 5.91 Å². The third-order valence-electron chi connectivity index (χ3n) is 6.84. The first-order valence-electron chi connectivity index (χ1n) is 12.9. The van der Waals surface area contributed by atoms with E-state index in [4.69, 9.17) is 9.47 Å². The van der Waals surface area contributed by atoms with Gasteiger partial charge in [0, 0.05) is 37.9 Å². The Morgan fingerprint density at radius 3 is 2.69 bits per heavy atom. The predicted octanol–water partition coefficient (Wildman–Crippen LogP) is 3.09. The molecule has 0 aliphatic carbocycles. The van der Waals surface area contributed by atoms with Gasteiger partial charge in [0.05, 0.1) is 37.2 Å². The molecule has 1 aliphatic rings. The van der Waals surface area contributed by atoms with Crippen LogP contribution in [0.3, 0.4) is 0 Å². The highest BCUT2D eigenvalue weighted by Crippen LogP contribution is 2.35. The second-order valence-electron chi connectivity index (χ2n) is 9.89. The number of amides is 2. The summed E-state index contributed by atoms with van der Waals surface area (Å²) in [6.07, 6.45) is 3.98. The Bertz CT molecular complexity index is 1270. The quantitative estimate of drug-likeness (QED) is 0.431. The van der Waals surface area contributed by atoms with Crippen LogP contribution in [0.15, 0.2) is 61.1 Å². The van der Waals surface area contributed by atoms with Crippen LogP contribution in [0.1, 0.15) is 40.3 Å². The standard InChI is InChI=1S/C29H35N5O5/c1-19-15-34(20(2)18-35)29(37)23-6-5-7-24(32-28(36)25-14-30-12-13-31-25)27(23)39-26(19)17-33(3)16-21-8-10-22(38-4)11-9-21/h5-14,19-20,26,35H,15-18H2,1-4H3,(H,32,36)/t19-,20+,26+/m1/s1. The van der Waals surface area contributed by atoms with Gasteiger partial charge < -0.3 is 24.8 Å². The van der Waals surface area contributed by atoms with Crippen LogP contribution in [0.5, 0.6) is 11.5 Å². The number of nitrogens with one attached hydrogen (secondary N) is 1. The molecule has 1 aromatic heterocycles. The molecule has 0 saturated heterocycles. The molecule has 0 unspecified atom stereocenters. The molecule has 2 heterocycles. The van der Waals surface area contributed by atoms with E-state index in [9.17, 15) is 14.7 Å². The minimum atomic E-state index is -0.462. The second kappa shape index (κ2) is 12.7. The predicted molar refractivity (Wildman–Crippen MR) is 147 cm³/mol. The van der Waals surface area contributed by atoms with Gasteiger partial charge in [-0.1, -0.05) is 25.1 Å². The van der Waals surface area contributed by atoms with Gasteiger partial charge >= 0.3 is 0 Å². The normalized spacial score (nSPS) is 18.0. The molecule has 0 spiro atoms. The first kappa shape index (κ1) is 28.0. The van der Waals surface area contributed by atoms with Crippen molar-refractivity contribution in [2.24, 2.45) is 5.92 Å². The zero-order chi connectivity index (χ0) is 27.9. The van der Waals surface area contributed by atoms with Crippen LogP contribution in [-0.4, -0.2) is 82.7 Å². The van der Waals surface area contributed by atoms with Crippen molar-refractivity contribution in [3.8, 4) is 11.5 Å². The fraction of sp³-hybridized carbons (Fsp3) is 0.379. The van der Waals surface area contributed by atoms with Crippen LogP contribution in [0, 0.1) is 5.92 Å². The number of carbonyl (C=O) groups excluding carboxylic acids is 2. The van der Waals surface area contributed by atoms with Gasteiger partial charge in [-0.25, -0.2) is 4.98 Å². The summed E-state index contributed by atoms with van der Waals surface area (Å²) in [7, 11) is 3.66. The summed E-state index contributed by atoms with van der Waals surface area (Å²) in [6, 6.07) is 12.6. The number of carbonyl (C=O) groups is 2. The van der Waals surface area contributed by atoms with E-state index in [0.29, 0.717) is 36.6 Å². The third-order valence-corrected chi connectivity index (χ3v) is 6.84. The highest BCUT2D eigenvalue weighted by molar-refractivity contribution is 6.06. The van der Waals surface area contributed by atoms with Crippen LogP contribution < -0.4 is 14.8 Å². The van der Waals surface area contributed by atoms with Gasteiger partial charge in [-0.15, -0.1) is 0 Å². The van der Waals surface area contributed by atoms with Gasteiger partial charge in [-0.05, 0) is 43.8 Å². The van der Waals surface area contributed by atoms with Gasteiger partial charge in [-0.2, -0.15) is 0 Å². The topological polar surface area (TPSA) is 117 Å². The number of hydrogen-bond donors (Lipinski definition) is 2. The molecule has 10 heteroatoms. The minimum absolute atomic E-state index is 0.0711. The van der Waals surface area contributed by atoms with E-state index >= 15 is 0 Å². The van der Waals surface area contributed by atoms with Gasteiger partial charge in [0.15, 0.2) is 5.75 Å². The third kappa shape index (κ3) is 6.71. The number of hydrogen-bond acceptors (Lipinski definition) is 8. The van der Waals surface area contributed by atoms with Crippen molar-refractivity contribution in [3.05, 3.63) is 77.9 Å². The molecule has 39 heavy (non-hydrogen) atoms. The fourth-order valence-corrected chi connectivity index (χ4v) is 4.58. The Balaban J connectivity index is 1.64. The number of fused-ring (bicyclic) bond motifs is 1. The molecule has 2 amide bonds. The maximum atomic E-state index is 13.6. The summed E-state index contributed by atoms with van der Waals surface area (Å²) in [4.78, 5) is 38.4. The van der Waals surface area contributed by atoms with Crippen LogP contribution >= 0.6 is 0 Å². The van der Waals surface area contributed by atoms with Crippen LogP contribution in [-0.2, 0) is 6.54 Å². The van der Waals surface area contributed by atoms with Crippen molar-refractivity contribution in [3.63, 3.8) is 0 Å². The molecule has 0 fully saturated rings. The Morgan fingerprint density at radius 1 is 1.26 bits per heavy atom. The molecule has 2 N–H and O–H groups in total. The summed E-state index contributed by atoms with van der Waals surface area (Å²) in [5.41, 5.74) is 1.96. The first-order chi connectivity index (χ1) is 18.8. The van der Waals surface area contributed by atoms with E-state index in [1.807, 2.05) is 45.2 Å². The zero-order valence-electron chi connectivity index (χ0n) is 22.7. The number of para-hydroxylation sites is 1. The van der Waals surface area contributed by atoms with Crippen LogP contribution in [0.25, 0.3) is 0 Å². The van der Waals surface area contributed by atoms with Crippen molar-refractivity contribution in [2.45, 2.75) is 32.5 Å².